The molecule has 0 bridgehead atoms. The maximum atomic E-state index is 5.87. The van der Waals surface area contributed by atoms with E-state index in [1.807, 2.05) is 0 Å². The molecule has 1 aromatic rings. The summed E-state index contributed by atoms with van der Waals surface area (Å²) in [5, 5.41) is 4.41. The highest BCUT2D eigenvalue weighted by atomic mass is 35.5. The lowest BCUT2D eigenvalue weighted by Crippen LogP contribution is -2.20. The summed E-state index contributed by atoms with van der Waals surface area (Å²) in [4.78, 5) is 0. The molecule has 0 amide bonds. The van der Waals surface area contributed by atoms with Crippen molar-refractivity contribution in [2.24, 2.45) is 0 Å². The van der Waals surface area contributed by atoms with Gasteiger partial charge >= 0.3 is 0 Å². The quantitative estimate of drug-likeness (QED) is 0.601. The number of ether oxygens (including phenoxy) is 1. The minimum Gasteiger partial charge on any atom is -0.489 e. The average molecular weight is 274 g/mol. The van der Waals surface area contributed by atoms with E-state index in [2.05, 4.69) is 18.8 Å². The first-order chi connectivity index (χ1) is 8.11. The first kappa shape index (κ1) is 14.4. The lowest BCUT2D eigenvalue weighted by Gasteiger charge is -2.10. The van der Waals surface area contributed by atoms with Gasteiger partial charge in [-0.25, -0.2) is 0 Å². The van der Waals surface area contributed by atoms with E-state index in [-0.39, 0.29) is 0 Å². The van der Waals surface area contributed by atoms with Crippen molar-refractivity contribution in [3.8, 4) is 5.75 Å². The Morgan fingerprint density at radius 2 is 1.94 bits per heavy atom. The van der Waals surface area contributed by atoms with Crippen LogP contribution in [0.5, 0.6) is 5.75 Å². The molecule has 1 N–H and O–H groups in total. The maximum Gasteiger partial charge on any atom is 0.122 e. The SMILES string of the molecule is C=C(CNCCC)COc1cc(Cl)cc(Cl)c1. The Kier molecular flexibility index (Phi) is 6.41. The van der Waals surface area contributed by atoms with Gasteiger partial charge in [-0.15, -0.1) is 0 Å². The summed E-state index contributed by atoms with van der Waals surface area (Å²) >= 11 is 11.7. The minimum atomic E-state index is 0.466. The second-order valence-corrected chi connectivity index (χ2v) is 4.69. The Labute approximate surface area is 113 Å². The summed E-state index contributed by atoms with van der Waals surface area (Å²) in [5.74, 6) is 0.666. The van der Waals surface area contributed by atoms with Crippen molar-refractivity contribution >= 4 is 23.2 Å². The molecule has 0 atom stereocenters. The number of hydrogen-bond acceptors (Lipinski definition) is 2. The van der Waals surface area contributed by atoms with Gasteiger partial charge in [0.25, 0.3) is 0 Å². The Morgan fingerprint density at radius 1 is 1.29 bits per heavy atom. The molecular weight excluding hydrogens is 257 g/mol. The second-order valence-electron chi connectivity index (χ2n) is 3.82. The van der Waals surface area contributed by atoms with E-state index in [0.29, 0.717) is 22.4 Å². The van der Waals surface area contributed by atoms with Crippen molar-refractivity contribution in [2.45, 2.75) is 13.3 Å². The predicted octanol–water partition coefficient (Wildman–Crippen LogP) is 3.93. The van der Waals surface area contributed by atoms with Crippen molar-refractivity contribution in [3.05, 3.63) is 40.4 Å². The Bertz CT molecular complexity index is 359. The van der Waals surface area contributed by atoms with Crippen LogP contribution in [0.15, 0.2) is 30.4 Å². The van der Waals surface area contributed by atoms with Crippen LogP contribution in [-0.4, -0.2) is 19.7 Å². The lowest BCUT2D eigenvalue weighted by molar-refractivity contribution is 0.348. The van der Waals surface area contributed by atoms with Gasteiger partial charge in [0.2, 0.25) is 0 Å². The number of benzene rings is 1. The van der Waals surface area contributed by atoms with Gasteiger partial charge in [0.1, 0.15) is 12.4 Å². The summed E-state index contributed by atoms with van der Waals surface area (Å²) in [6.07, 6.45) is 1.11. The van der Waals surface area contributed by atoms with Gasteiger partial charge in [-0.2, -0.15) is 0 Å². The molecule has 0 saturated heterocycles. The minimum absolute atomic E-state index is 0.466. The van der Waals surface area contributed by atoms with Crippen LogP contribution < -0.4 is 10.1 Å². The third kappa shape index (κ3) is 5.97. The summed E-state index contributed by atoms with van der Waals surface area (Å²) in [7, 11) is 0. The average Bonchev–Trinajstić information content (AvgIpc) is 2.25. The Balaban J connectivity index is 2.36. The van der Waals surface area contributed by atoms with E-state index in [1.165, 1.54) is 0 Å². The largest absolute Gasteiger partial charge is 0.489 e. The summed E-state index contributed by atoms with van der Waals surface area (Å²) in [6, 6.07) is 5.15. The van der Waals surface area contributed by atoms with Gasteiger partial charge in [0.15, 0.2) is 0 Å². The van der Waals surface area contributed by atoms with Crippen molar-refractivity contribution in [1.29, 1.82) is 0 Å². The molecule has 94 valence electrons. The molecule has 0 spiro atoms. The number of halogens is 2. The molecule has 0 aliphatic carbocycles. The van der Waals surface area contributed by atoms with Crippen LogP contribution in [0.25, 0.3) is 0 Å². The third-order valence-electron chi connectivity index (χ3n) is 2.08. The fourth-order valence-corrected chi connectivity index (χ4v) is 1.80. The van der Waals surface area contributed by atoms with Crippen LogP contribution in [0, 0.1) is 0 Å². The van der Waals surface area contributed by atoms with E-state index >= 15 is 0 Å². The molecule has 17 heavy (non-hydrogen) atoms. The third-order valence-corrected chi connectivity index (χ3v) is 2.52. The van der Waals surface area contributed by atoms with Crippen LogP contribution in [0.2, 0.25) is 10.0 Å². The van der Waals surface area contributed by atoms with E-state index in [4.69, 9.17) is 27.9 Å². The summed E-state index contributed by atoms with van der Waals surface area (Å²) < 4.78 is 5.55. The zero-order valence-electron chi connectivity index (χ0n) is 9.93. The summed E-state index contributed by atoms with van der Waals surface area (Å²) in [6.45, 7) is 8.28. The standard InChI is InChI=1S/C13H17Cl2NO/c1-3-4-16-8-10(2)9-17-13-6-11(14)5-12(15)7-13/h5-7,16H,2-4,8-9H2,1H3. The van der Waals surface area contributed by atoms with E-state index in [9.17, 15) is 0 Å². The van der Waals surface area contributed by atoms with Crippen LogP contribution in [0.3, 0.4) is 0 Å². The summed E-state index contributed by atoms with van der Waals surface area (Å²) in [5.41, 5.74) is 0.995. The van der Waals surface area contributed by atoms with E-state index < -0.39 is 0 Å². The van der Waals surface area contributed by atoms with Crippen LogP contribution in [0.4, 0.5) is 0 Å². The lowest BCUT2D eigenvalue weighted by atomic mass is 10.3. The van der Waals surface area contributed by atoms with Crippen LogP contribution >= 0.6 is 23.2 Å². The zero-order chi connectivity index (χ0) is 12.7. The highest BCUT2D eigenvalue weighted by Crippen LogP contribution is 2.24. The predicted molar refractivity (Wildman–Crippen MR) is 74.3 cm³/mol. The maximum absolute atomic E-state index is 5.87. The molecule has 0 unspecified atom stereocenters. The number of rotatable bonds is 7. The van der Waals surface area contributed by atoms with Gasteiger partial charge < -0.3 is 10.1 Å². The van der Waals surface area contributed by atoms with Crippen molar-refractivity contribution in [3.63, 3.8) is 0 Å². The van der Waals surface area contributed by atoms with E-state index in [0.717, 1.165) is 25.1 Å². The molecule has 2 nitrogen and oxygen atoms in total. The molecule has 4 heteroatoms. The molecule has 0 heterocycles. The fourth-order valence-electron chi connectivity index (χ4n) is 1.29. The van der Waals surface area contributed by atoms with Crippen molar-refractivity contribution in [1.82, 2.24) is 5.32 Å². The monoisotopic (exact) mass is 273 g/mol. The topological polar surface area (TPSA) is 21.3 Å². The van der Waals surface area contributed by atoms with Gasteiger partial charge in [-0.05, 0) is 36.7 Å². The Morgan fingerprint density at radius 3 is 2.53 bits per heavy atom. The number of nitrogens with one attached hydrogen (secondary N) is 1. The first-order valence-electron chi connectivity index (χ1n) is 5.58. The molecule has 1 rings (SSSR count). The molecule has 0 radical (unpaired) electrons. The van der Waals surface area contributed by atoms with Crippen molar-refractivity contribution < 1.29 is 4.74 Å². The van der Waals surface area contributed by atoms with Crippen LogP contribution in [-0.2, 0) is 0 Å². The number of hydrogen-bond donors (Lipinski definition) is 1. The normalized spacial score (nSPS) is 10.3. The fraction of sp³-hybridized carbons (Fsp3) is 0.385. The van der Waals surface area contributed by atoms with Gasteiger partial charge in [0.05, 0.1) is 0 Å². The molecule has 1 aromatic carbocycles. The molecule has 0 aromatic heterocycles. The zero-order valence-corrected chi connectivity index (χ0v) is 11.4. The highest BCUT2D eigenvalue weighted by Gasteiger charge is 2.00. The molecular formula is C13H17Cl2NO. The molecule has 0 fully saturated rings. The molecule has 0 aliphatic heterocycles. The van der Waals surface area contributed by atoms with Crippen LogP contribution in [0.1, 0.15) is 13.3 Å². The molecule has 0 saturated carbocycles. The smallest absolute Gasteiger partial charge is 0.122 e. The van der Waals surface area contributed by atoms with Gasteiger partial charge in [-0.3, -0.25) is 0 Å². The molecule has 0 aliphatic rings. The van der Waals surface area contributed by atoms with Gasteiger partial charge in [0, 0.05) is 16.6 Å². The van der Waals surface area contributed by atoms with E-state index in [1.54, 1.807) is 18.2 Å². The van der Waals surface area contributed by atoms with Crippen molar-refractivity contribution in [2.75, 3.05) is 19.7 Å². The first-order valence-corrected chi connectivity index (χ1v) is 6.33. The van der Waals surface area contributed by atoms with Gasteiger partial charge in [-0.1, -0.05) is 36.7 Å². The Hall–Kier alpha value is -0.700. The highest BCUT2D eigenvalue weighted by molar-refractivity contribution is 6.34. The second kappa shape index (κ2) is 7.59.